The Morgan fingerprint density at radius 2 is 2.30 bits per heavy atom. The van der Waals surface area contributed by atoms with E-state index in [1.54, 1.807) is 11.3 Å². The topological polar surface area (TPSA) is 50.2 Å². The summed E-state index contributed by atoms with van der Waals surface area (Å²) in [7, 11) is 0. The number of carboxylic acids is 1. The van der Waals surface area contributed by atoms with Crippen LogP contribution in [-0.4, -0.2) is 21.8 Å². The number of thiazole rings is 1. The zero-order chi connectivity index (χ0) is 13.9. The summed E-state index contributed by atoms with van der Waals surface area (Å²) in [6, 6.07) is 3.87. The second-order valence-corrected chi connectivity index (χ2v) is 8.13. The largest absolute Gasteiger partial charge is 0.481 e. The maximum absolute atomic E-state index is 10.7. The molecule has 3 heterocycles. The van der Waals surface area contributed by atoms with Crippen LogP contribution in [0.5, 0.6) is 0 Å². The molecule has 0 aliphatic carbocycles. The van der Waals surface area contributed by atoms with Crippen LogP contribution < -0.4 is 0 Å². The van der Waals surface area contributed by atoms with Gasteiger partial charge >= 0.3 is 5.97 Å². The Morgan fingerprint density at radius 1 is 1.40 bits per heavy atom. The fraction of sp³-hybridized carbons (Fsp3) is 0.429. The number of hydrogen-bond acceptors (Lipinski definition) is 5. The molecule has 1 atom stereocenters. The summed E-state index contributed by atoms with van der Waals surface area (Å²) in [5.74, 6) is 0.456. The Hall–Kier alpha value is -0.850. The molecule has 1 fully saturated rings. The van der Waals surface area contributed by atoms with Crippen molar-refractivity contribution in [1.82, 2.24) is 4.98 Å². The number of thioether (sulfide) groups is 1. The van der Waals surface area contributed by atoms with Crippen molar-refractivity contribution < 1.29 is 9.90 Å². The van der Waals surface area contributed by atoms with Crippen molar-refractivity contribution in [3.05, 3.63) is 27.4 Å². The van der Waals surface area contributed by atoms with Gasteiger partial charge < -0.3 is 5.11 Å². The Morgan fingerprint density at radius 3 is 3.05 bits per heavy atom. The third-order valence-electron chi connectivity index (χ3n) is 3.22. The SMILES string of the molecule is O=C(O)Cc1ccc(-c2csc(C3CCCCS3)n2)s1. The van der Waals surface area contributed by atoms with Crippen molar-refractivity contribution in [2.24, 2.45) is 0 Å². The van der Waals surface area contributed by atoms with E-state index in [9.17, 15) is 4.79 Å². The standard InChI is InChI=1S/C14H15NO2S3/c16-13(17)7-9-4-5-11(20-9)10-8-19-14(15-10)12-3-1-2-6-18-12/h4-5,8,12H,1-3,6-7H2,(H,16,17). The zero-order valence-electron chi connectivity index (χ0n) is 10.9. The fourth-order valence-corrected chi connectivity index (χ4v) is 5.67. The van der Waals surface area contributed by atoms with Gasteiger partial charge in [0.25, 0.3) is 0 Å². The monoisotopic (exact) mass is 325 g/mol. The molecule has 20 heavy (non-hydrogen) atoms. The number of rotatable bonds is 4. The van der Waals surface area contributed by atoms with Crippen molar-refractivity contribution in [2.75, 3.05) is 5.75 Å². The molecule has 2 aromatic rings. The number of hydrogen-bond donors (Lipinski definition) is 1. The summed E-state index contributed by atoms with van der Waals surface area (Å²) in [5.41, 5.74) is 0.998. The van der Waals surface area contributed by atoms with Crippen LogP contribution in [0.4, 0.5) is 0 Å². The highest BCUT2D eigenvalue weighted by Gasteiger charge is 2.20. The summed E-state index contributed by atoms with van der Waals surface area (Å²) < 4.78 is 0. The van der Waals surface area contributed by atoms with E-state index in [1.807, 2.05) is 23.9 Å². The second kappa shape index (κ2) is 6.28. The van der Waals surface area contributed by atoms with E-state index in [-0.39, 0.29) is 6.42 Å². The van der Waals surface area contributed by atoms with E-state index in [0.717, 1.165) is 15.4 Å². The lowest BCUT2D eigenvalue weighted by Gasteiger charge is -2.18. The summed E-state index contributed by atoms with van der Waals surface area (Å²) in [5, 5.41) is 12.7. The number of aliphatic carboxylic acids is 1. The van der Waals surface area contributed by atoms with E-state index >= 15 is 0 Å². The van der Waals surface area contributed by atoms with Gasteiger partial charge in [0.1, 0.15) is 5.01 Å². The molecule has 0 amide bonds. The highest BCUT2D eigenvalue weighted by molar-refractivity contribution is 7.99. The van der Waals surface area contributed by atoms with Crippen LogP contribution in [0.25, 0.3) is 10.6 Å². The minimum absolute atomic E-state index is 0.0974. The first kappa shape index (κ1) is 14.1. The maximum Gasteiger partial charge on any atom is 0.308 e. The molecular formula is C14H15NO2S3. The molecule has 3 nitrogen and oxygen atoms in total. The molecule has 0 saturated carbocycles. The Balaban J connectivity index is 1.75. The van der Waals surface area contributed by atoms with Gasteiger partial charge in [-0.3, -0.25) is 4.79 Å². The van der Waals surface area contributed by atoms with Crippen LogP contribution in [0.1, 0.15) is 34.4 Å². The maximum atomic E-state index is 10.7. The molecule has 0 spiro atoms. The Kier molecular flexibility index (Phi) is 4.43. The minimum Gasteiger partial charge on any atom is -0.481 e. The molecule has 2 aromatic heterocycles. The smallest absolute Gasteiger partial charge is 0.308 e. The van der Waals surface area contributed by atoms with Crippen molar-refractivity contribution in [3.63, 3.8) is 0 Å². The van der Waals surface area contributed by atoms with Crippen LogP contribution in [-0.2, 0) is 11.2 Å². The third-order valence-corrected chi connectivity index (χ3v) is 6.82. The normalized spacial score (nSPS) is 19.1. The van der Waals surface area contributed by atoms with Gasteiger partial charge in [0.05, 0.1) is 22.2 Å². The van der Waals surface area contributed by atoms with Gasteiger partial charge in [0.2, 0.25) is 0 Å². The lowest BCUT2D eigenvalue weighted by molar-refractivity contribution is -0.136. The van der Waals surface area contributed by atoms with Crippen molar-refractivity contribution in [3.8, 4) is 10.6 Å². The predicted molar refractivity (Wildman–Crippen MR) is 85.8 cm³/mol. The highest BCUT2D eigenvalue weighted by Crippen LogP contribution is 2.41. The molecule has 1 aliphatic heterocycles. The molecule has 1 unspecified atom stereocenters. The molecular weight excluding hydrogens is 310 g/mol. The van der Waals surface area contributed by atoms with E-state index < -0.39 is 5.97 Å². The number of nitrogens with zero attached hydrogens (tertiary/aromatic N) is 1. The highest BCUT2D eigenvalue weighted by atomic mass is 32.2. The van der Waals surface area contributed by atoms with E-state index in [4.69, 9.17) is 10.1 Å². The summed E-state index contributed by atoms with van der Waals surface area (Å²) in [4.78, 5) is 17.4. The number of aromatic nitrogens is 1. The summed E-state index contributed by atoms with van der Waals surface area (Å²) >= 11 is 5.28. The Bertz CT molecular complexity index is 599. The van der Waals surface area contributed by atoms with E-state index in [1.165, 1.54) is 41.4 Å². The van der Waals surface area contributed by atoms with Crippen LogP contribution in [0.2, 0.25) is 0 Å². The van der Waals surface area contributed by atoms with Gasteiger partial charge in [-0.2, -0.15) is 11.8 Å². The summed E-state index contributed by atoms with van der Waals surface area (Å²) in [6.45, 7) is 0. The number of carbonyl (C=O) groups is 1. The minimum atomic E-state index is -0.782. The quantitative estimate of drug-likeness (QED) is 0.902. The van der Waals surface area contributed by atoms with Crippen LogP contribution in [0.3, 0.4) is 0 Å². The lowest BCUT2D eigenvalue weighted by atomic mass is 10.2. The summed E-state index contributed by atoms with van der Waals surface area (Å²) in [6.07, 6.45) is 3.95. The number of carboxylic acid groups (broad SMARTS) is 1. The molecule has 1 N–H and O–H groups in total. The number of thiophene rings is 1. The Labute approximate surface area is 130 Å². The van der Waals surface area contributed by atoms with Gasteiger partial charge in [-0.05, 0) is 30.7 Å². The molecule has 0 bridgehead atoms. The molecule has 0 radical (unpaired) electrons. The molecule has 1 aliphatic rings. The van der Waals surface area contributed by atoms with E-state index in [0.29, 0.717) is 5.25 Å². The van der Waals surface area contributed by atoms with Crippen LogP contribution >= 0.6 is 34.4 Å². The van der Waals surface area contributed by atoms with Gasteiger partial charge in [-0.1, -0.05) is 6.42 Å². The van der Waals surface area contributed by atoms with Crippen molar-refractivity contribution >= 4 is 40.4 Å². The molecule has 6 heteroatoms. The molecule has 1 saturated heterocycles. The van der Waals surface area contributed by atoms with Crippen molar-refractivity contribution in [1.29, 1.82) is 0 Å². The average Bonchev–Trinajstić information content (AvgIpc) is 3.07. The van der Waals surface area contributed by atoms with Gasteiger partial charge in [0.15, 0.2) is 0 Å². The second-order valence-electron chi connectivity index (χ2n) is 4.76. The third kappa shape index (κ3) is 3.24. The van der Waals surface area contributed by atoms with E-state index in [2.05, 4.69) is 5.38 Å². The average molecular weight is 325 g/mol. The first-order chi connectivity index (χ1) is 9.72. The van der Waals surface area contributed by atoms with Crippen molar-refractivity contribution in [2.45, 2.75) is 30.9 Å². The van der Waals surface area contributed by atoms with Gasteiger partial charge in [0, 0.05) is 10.3 Å². The lowest BCUT2D eigenvalue weighted by Crippen LogP contribution is -2.01. The molecule has 106 valence electrons. The first-order valence-corrected chi connectivity index (χ1v) is 9.35. The molecule has 0 aromatic carbocycles. The van der Waals surface area contributed by atoms with Crippen LogP contribution in [0.15, 0.2) is 17.5 Å². The fourth-order valence-electron chi connectivity index (χ4n) is 2.24. The zero-order valence-corrected chi connectivity index (χ0v) is 13.3. The first-order valence-electron chi connectivity index (χ1n) is 6.60. The van der Waals surface area contributed by atoms with Gasteiger partial charge in [-0.15, -0.1) is 22.7 Å². The molecule has 3 rings (SSSR count). The van der Waals surface area contributed by atoms with Gasteiger partial charge in [-0.25, -0.2) is 4.98 Å². The predicted octanol–water partition coefficient (Wildman–Crippen LogP) is 4.46. The van der Waals surface area contributed by atoms with Crippen LogP contribution in [0, 0.1) is 0 Å².